The van der Waals surface area contributed by atoms with Crippen LogP contribution in [0.2, 0.25) is 0 Å². The molecule has 0 unspecified atom stereocenters. The molecule has 0 N–H and O–H groups in total. The molecule has 7 heteroatoms. The molecule has 1 rings (SSSR count). The van der Waals surface area contributed by atoms with E-state index in [0.717, 1.165) is 25.3 Å². The maximum atomic E-state index is 12.5. The number of alkyl halides is 2. The smallest absolute Gasteiger partial charge is 0.337 e. The first-order chi connectivity index (χ1) is 7.47. The zero-order valence-corrected chi connectivity index (χ0v) is 8.15. The maximum Gasteiger partial charge on any atom is 0.337 e. The van der Waals surface area contributed by atoms with Crippen molar-refractivity contribution in [2.24, 2.45) is 0 Å². The first-order valence-corrected chi connectivity index (χ1v) is 4.12. The van der Waals surface area contributed by atoms with Crippen LogP contribution in [-0.2, 0) is 4.74 Å². The summed E-state index contributed by atoms with van der Waals surface area (Å²) < 4.78 is 29.3. The van der Waals surface area contributed by atoms with E-state index in [-0.39, 0.29) is 5.56 Å². The monoisotopic (exact) mass is 231 g/mol. The van der Waals surface area contributed by atoms with E-state index in [0.29, 0.717) is 0 Å². The summed E-state index contributed by atoms with van der Waals surface area (Å²) in [4.78, 5) is 20.5. The molecule has 0 aliphatic carbocycles. The minimum Gasteiger partial charge on any atom is -0.465 e. The number of ether oxygens (including phenoxy) is 1. The van der Waals surface area contributed by atoms with Gasteiger partial charge in [-0.3, -0.25) is 10.1 Å². The van der Waals surface area contributed by atoms with E-state index >= 15 is 0 Å². The van der Waals surface area contributed by atoms with Crippen LogP contribution in [0.1, 0.15) is 22.3 Å². The molecule has 0 heterocycles. The number of hydrogen-bond donors (Lipinski definition) is 0. The number of nitro groups is 1. The third-order valence-corrected chi connectivity index (χ3v) is 1.88. The summed E-state index contributed by atoms with van der Waals surface area (Å²) in [6, 6.07) is 2.68. The predicted molar refractivity (Wildman–Crippen MR) is 49.4 cm³/mol. The average Bonchev–Trinajstić information content (AvgIpc) is 2.26. The van der Waals surface area contributed by atoms with E-state index in [1.54, 1.807) is 0 Å². The third kappa shape index (κ3) is 2.30. The first-order valence-electron chi connectivity index (χ1n) is 4.12. The number of nitrogens with zero attached hydrogens (tertiary/aromatic N) is 1. The molecule has 0 saturated heterocycles. The Balaban J connectivity index is 3.28. The Morgan fingerprint density at radius 2 is 2.12 bits per heavy atom. The second kappa shape index (κ2) is 4.65. The number of methoxy groups -OCH3 is 1. The Labute approximate surface area is 88.8 Å². The molecule has 0 amide bonds. The van der Waals surface area contributed by atoms with Gasteiger partial charge in [-0.25, -0.2) is 13.6 Å². The number of carbonyl (C=O) groups excluding carboxylic acids is 1. The summed E-state index contributed by atoms with van der Waals surface area (Å²) in [7, 11) is 1.09. The zero-order chi connectivity index (χ0) is 12.3. The van der Waals surface area contributed by atoms with Crippen LogP contribution in [0.15, 0.2) is 18.2 Å². The van der Waals surface area contributed by atoms with Crippen molar-refractivity contribution in [2.75, 3.05) is 7.11 Å². The quantitative estimate of drug-likeness (QED) is 0.454. The van der Waals surface area contributed by atoms with E-state index in [1.807, 2.05) is 0 Å². The van der Waals surface area contributed by atoms with Crippen molar-refractivity contribution in [1.29, 1.82) is 0 Å². The first kappa shape index (κ1) is 12.0. The number of nitro benzene ring substituents is 1. The summed E-state index contributed by atoms with van der Waals surface area (Å²) in [6.45, 7) is 0. The van der Waals surface area contributed by atoms with Crippen LogP contribution < -0.4 is 0 Å². The molecule has 86 valence electrons. The lowest BCUT2D eigenvalue weighted by atomic mass is 10.1. The van der Waals surface area contributed by atoms with Gasteiger partial charge in [-0.2, -0.15) is 0 Å². The van der Waals surface area contributed by atoms with Gasteiger partial charge in [0.2, 0.25) is 0 Å². The Kier molecular flexibility index (Phi) is 3.49. The molecule has 0 atom stereocenters. The number of benzene rings is 1. The molecule has 0 saturated carbocycles. The predicted octanol–water partition coefficient (Wildman–Crippen LogP) is 2.32. The summed E-state index contributed by atoms with van der Waals surface area (Å²) in [5.74, 6) is -0.822. The molecule has 5 nitrogen and oxygen atoms in total. The normalized spacial score (nSPS) is 10.2. The molecule has 0 radical (unpaired) electrons. The van der Waals surface area contributed by atoms with Crippen molar-refractivity contribution in [3.63, 3.8) is 0 Å². The molecular weight excluding hydrogens is 224 g/mol. The van der Waals surface area contributed by atoms with Crippen LogP contribution >= 0.6 is 0 Å². The second-order valence-corrected chi connectivity index (χ2v) is 2.82. The molecule has 1 aromatic rings. The maximum absolute atomic E-state index is 12.5. The molecule has 0 fully saturated rings. The van der Waals surface area contributed by atoms with E-state index in [1.165, 1.54) is 0 Å². The Hall–Kier alpha value is -2.05. The fraction of sp³-hybridized carbons (Fsp3) is 0.222. The molecule has 0 aliphatic rings. The Morgan fingerprint density at radius 1 is 1.50 bits per heavy atom. The lowest BCUT2D eigenvalue weighted by molar-refractivity contribution is -0.386. The molecule has 16 heavy (non-hydrogen) atoms. The number of carbonyl (C=O) groups is 1. The second-order valence-electron chi connectivity index (χ2n) is 2.82. The highest BCUT2D eigenvalue weighted by Crippen LogP contribution is 2.29. The number of esters is 1. The van der Waals surface area contributed by atoms with Crippen molar-refractivity contribution < 1.29 is 23.2 Å². The number of hydrogen-bond acceptors (Lipinski definition) is 4. The van der Waals surface area contributed by atoms with Gasteiger partial charge >= 0.3 is 5.97 Å². The molecule has 0 aliphatic heterocycles. The van der Waals surface area contributed by atoms with Gasteiger partial charge in [-0.05, 0) is 12.1 Å². The van der Waals surface area contributed by atoms with Gasteiger partial charge in [0.05, 0.1) is 23.2 Å². The van der Waals surface area contributed by atoms with Crippen LogP contribution in [0.25, 0.3) is 0 Å². The number of halogens is 2. The third-order valence-electron chi connectivity index (χ3n) is 1.88. The molecular formula is C9H7F2NO4. The summed E-state index contributed by atoms with van der Waals surface area (Å²) >= 11 is 0. The highest BCUT2D eigenvalue weighted by atomic mass is 19.3. The summed E-state index contributed by atoms with van der Waals surface area (Å²) in [5, 5.41) is 10.4. The standard InChI is InChI=1S/C9H7F2NO4/c1-16-9(13)5-2-3-7(12(14)15)6(4-5)8(10)11/h2-4,8H,1H3. The lowest BCUT2D eigenvalue weighted by Gasteiger charge is -2.04. The van der Waals surface area contributed by atoms with E-state index in [4.69, 9.17) is 0 Å². The van der Waals surface area contributed by atoms with E-state index in [9.17, 15) is 23.7 Å². The number of rotatable bonds is 3. The van der Waals surface area contributed by atoms with Gasteiger partial charge in [-0.15, -0.1) is 0 Å². The van der Waals surface area contributed by atoms with Crippen LogP contribution in [0.5, 0.6) is 0 Å². The van der Waals surface area contributed by atoms with Crippen molar-refractivity contribution >= 4 is 11.7 Å². The van der Waals surface area contributed by atoms with Gasteiger partial charge < -0.3 is 4.74 Å². The molecule has 0 bridgehead atoms. The summed E-state index contributed by atoms with van der Waals surface area (Å²) in [6.07, 6.45) is -3.02. The Bertz CT molecular complexity index is 434. The van der Waals surface area contributed by atoms with Crippen LogP contribution in [0.4, 0.5) is 14.5 Å². The van der Waals surface area contributed by atoms with Gasteiger partial charge in [-0.1, -0.05) is 0 Å². The molecule has 1 aromatic carbocycles. The van der Waals surface area contributed by atoms with Crippen molar-refractivity contribution in [3.8, 4) is 0 Å². The van der Waals surface area contributed by atoms with E-state index < -0.39 is 28.6 Å². The fourth-order valence-electron chi connectivity index (χ4n) is 1.14. The molecule has 0 aromatic heterocycles. The molecule has 0 spiro atoms. The lowest BCUT2D eigenvalue weighted by Crippen LogP contribution is -2.04. The minimum absolute atomic E-state index is 0.150. The van der Waals surface area contributed by atoms with Gasteiger partial charge in [0.15, 0.2) is 0 Å². The van der Waals surface area contributed by atoms with Crippen molar-refractivity contribution in [2.45, 2.75) is 6.43 Å². The van der Waals surface area contributed by atoms with Gasteiger partial charge in [0.1, 0.15) is 0 Å². The van der Waals surface area contributed by atoms with Crippen molar-refractivity contribution in [1.82, 2.24) is 0 Å². The SMILES string of the molecule is COC(=O)c1ccc([N+](=O)[O-])c(C(F)F)c1. The van der Waals surface area contributed by atoms with E-state index in [2.05, 4.69) is 4.74 Å². The van der Waals surface area contributed by atoms with Gasteiger partial charge in [0, 0.05) is 6.07 Å². The highest BCUT2D eigenvalue weighted by Gasteiger charge is 2.23. The van der Waals surface area contributed by atoms with Gasteiger partial charge in [0.25, 0.3) is 12.1 Å². The van der Waals surface area contributed by atoms with Crippen LogP contribution in [-0.4, -0.2) is 18.0 Å². The zero-order valence-electron chi connectivity index (χ0n) is 8.15. The van der Waals surface area contributed by atoms with Crippen molar-refractivity contribution in [3.05, 3.63) is 39.4 Å². The highest BCUT2D eigenvalue weighted by molar-refractivity contribution is 5.90. The van der Waals surface area contributed by atoms with Crippen LogP contribution in [0.3, 0.4) is 0 Å². The Morgan fingerprint density at radius 3 is 2.56 bits per heavy atom. The average molecular weight is 231 g/mol. The fourth-order valence-corrected chi connectivity index (χ4v) is 1.14. The summed E-state index contributed by atoms with van der Waals surface area (Å²) in [5.41, 5.74) is -1.67. The topological polar surface area (TPSA) is 69.4 Å². The minimum atomic E-state index is -3.02. The largest absolute Gasteiger partial charge is 0.465 e. The van der Waals surface area contributed by atoms with Crippen LogP contribution in [0, 0.1) is 10.1 Å².